The predicted octanol–water partition coefficient (Wildman–Crippen LogP) is 2.63. The second kappa shape index (κ2) is 6.07. The lowest BCUT2D eigenvalue weighted by atomic mass is 10.2. The number of hydrogen-bond donors (Lipinski definition) is 1. The summed E-state index contributed by atoms with van der Waals surface area (Å²) in [5, 5.41) is 0.722. The number of halogens is 1. The molecule has 17 heavy (non-hydrogen) atoms. The molecule has 3 nitrogen and oxygen atoms in total. The molecule has 2 N–H and O–H groups in total. The molecule has 0 spiro atoms. The Balaban J connectivity index is 2.20. The highest BCUT2D eigenvalue weighted by atomic mass is 79.9. The fraction of sp³-hybridized carbons (Fsp3) is 0.583. The zero-order valence-electron chi connectivity index (χ0n) is 10.0. The lowest BCUT2D eigenvalue weighted by molar-refractivity contribution is 0.715. The minimum Gasteiger partial charge on any atom is -0.354 e. The summed E-state index contributed by atoms with van der Waals surface area (Å²) >= 11 is 5.51. The molecule has 1 aromatic heterocycles. The van der Waals surface area contributed by atoms with Crippen LogP contribution in [0, 0.1) is 0 Å². The van der Waals surface area contributed by atoms with Crippen molar-refractivity contribution in [3.05, 3.63) is 22.3 Å². The number of anilines is 1. The van der Waals surface area contributed by atoms with Gasteiger partial charge in [-0.15, -0.1) is 0 Å². The molecule has 1 unspecified atom stereocenters. The third-order valence-corrected chi connectivity index (χ3v) is 4.83. The molecule has 1 fully saturated rings. The van der Waals surface area contributed by atoms with Crippen LogP contribution in [0.5, 0.6) is 0 Å². The topological polar surface area (TPSA) is 42.2 Å². The quantitative estimate of drug-likeness (QED) is 0.931. The maximum atomic E-state index is 5.80. The number of rotatable bonds is 3. The van der Waals surface area contributed by atoms with Gasteiger partial charge in [0.05, 0.1) is 0 Å². The van der Waals surface area contributed by atoms with Gasteiger partial charge in [-0.1, -0.05) is 6.92 Å². The third-order valence-electron chi connectivity index (χ3n) is 3.02. The normalized spacial score (nSPS) is 20.6. The van der Waals surface area contributed by atoms with E-state index in [0.717, 1.165) is 34.2 Å². The Morgan fingerprint density at radius 1 is 1.65 bits per heavy atom. The number of nitrogens with two attached hydrogens (primary N) is 1. The van der Waals surface area contributed by atoms with E-state index in [-0.39, 0.29) is 0 Å². The van der Waals surface area contributed by atoms with Crippen LogP contribution in [0.15, 0.2) is 16.7 Å². The van der Waals surface area contributed by atoms with Crippen LogP contribution in [0.3, 0.4) is 0 Å². The first-order chi connectivity index (χ1) is 8.24. The lowest BCUT2D eigenvalue weighted by Crippen LogP contribution is -2.38. The smallest absolute Gasteiger partial charge is 0.133 e. The van der Waals surface area contributed by atoms with Crippen molar-refractivity contribution in [3.63, 3.8) is 0 Å². The van der Waals surface area contributed by atoms with E-state index in [0.29, 0.717) is 6.54 Å². The van der Waals surface area contributed by atoms with E-state index >= 15 is 0 Å². The molecule has 2 rings (SSSR count). The Morgan fingerprint density at radius 2 is 2.47 bits per heavy atom. The zero-order chi connectivity index (χ0) is 12.3. The molecule has 1 aromatic rings. The van der Waals surface area contributed by atoms with Crippen molar-refractivity contribution in [1.82, 2.24) is 4.98 Å². The summed E-state index contributed by atoms with van der Waals surface area (Å²) in [6, 6.07) is 2.07. The molecule has 0 bridgehead atoms. The van der Waals surface area contributed by atoms with Gasteiger partial charge < -0.3 is 10.6 Å². The second-order valence-corrected chi connectivity index (χ2v) is 6.51. The average Bonchev–Trinajstić information content (AvgIpc) is 2.38. The molecule has 0 aliphatic carbocycles. The zero-order valence-corrected chi connectivity index (χ0v) is 12.4. The van der Waals surface area contributed by atoms with Crippen molar-refractivity contribution < 1.29 is 0 Å². The van der Waals surface area contributed by atoms with E-state index in [1.54, 1.807) is 0 Å². The third kappa shape index (κ3) is 3.14. The molecule has 1 aliphatic heterocycles. The molecule has 0 radical (unpaired) electrons. The Morgan fingerprint density at radius 3 is 3.18 bits per heavy atom. The van der Waals surface area contributed by atoms with Gasteiger partial charge in [0.2, 0.25) is 0 Å². The van der Waals surface area contributed by atoms with Crippen molar-refractivity contribution in [2.75, 3.05) is 23.7 Å². The van der Waals surface area contributed by atoms with Crippen molar-refractivity contribution in [2.24, 2.45) is 5.73 Å². The fourth-order valence-corrected chi connectivity index (χ4v) is 3.63. The van der Waals surface area contributed by atoms with Gasteiger partial charge in [-0.2, -0.15) is 11.8 Å². The van der Waals surface area contributed by atoms with Crippen LogP contribution in [-0.2, 0) is 6.54 Å². The number of thioether (sulfide) groups is 1. The minimum atomic E-state index is 0.544. The standard InChI is InChI=1S/C12H18BrN3S/c1-2-11-8-16(3-4-17-11)12-9(6-14)5-10(13)7-15-12/h5,7,11H,2-4,6,8,14H2,1H3. The highest BCUT2D eigenvalue weighted by Crippen LogP contribution is 2.27. The molecule has 2 heterocycles. The maximum Gasteiger partial charge on any atom is 0.133 e. The van der Waals surface area contributed by atoms with Gasteiger partial charge in [0.1, 0.15) is 5.82 Å². The number of aromatic nitrogens is 1. The van der Waals surface area contributed by atoms with Crippen molar-refractivity contribution in [2.45, 2.75) is 25.1 Å². The maximum absolute atomic E-state index is 5.80. The summed E-state index contributed by atoms with van der Waals surface area (Å²) in [7, 11) is 0. The summed E-state index contributed by atoms with van der Waals surface area (Å²) in [6.07, 6.45) is 3.08. The van der Waals surface area contributed by atoms with Crippen molar-refractivity contribution in [1.29, 1.82) is 0 Å². The largest absolute Gasteiger partial charge is 0.354 e. The van der Waals surface area contributed by atoms with E-state index in [9.17, 15) is 0 Å². The molecule has 1 saturated heterocycles. The summed E-state index contributed by atoms with van der Waals surface area (Å²) in [5.41, 5.74) is 6.93. The molecule has 0 saturated carbocycles. The van der Waals surface area contributed by atoms with Gasteiger partial charge in [0, 0.05) is 46.9 Å². The van der Waals surface area contributed by atoms with Gasteiger partial charge >= 0.3 is 0 Å². The fourth-order valence-electron chi connectivity index (χ4n) is 2.07. The Bertz CT molecular complexity index is 386. The van der Waals surface area contributed by atoms with Crippen molar-refractivity contribution >= 4 is 33.5 Å². The highest BCUT2D eigenvalue weighted by molar-refractivity contribution is 9.10. The Hall–Kier alpha value is -0.260. The molecular weight excluding hydrogens is 298 g/mol. The number of pyridine rings is 1. The number of nitrogens with zero attached hydrogens (tertiary/aromatic N) is 2. The lowest BCUT2D eigenvalue weighted by Gasteiger charge is -2.33. The second-order valence-electron chi connectivity index (χ2n) is 4.19. The molecule has 1 atom stereocenters. The van der Waals surface area contributed by atoms with Crippen LogP contribution in [0.4, 0.5) is 5.82 Å². The van der Waals surface area contributed by atoms with Crippen LogP contribution in [0.2, 0.25) is 0 Å². The first-order valence-electron chi connectivity index (χ1n) is 5.95. The summed E-state index contributed by atoms with van der Waals surface area (Å²) < 4.78 is 1.00. The Kier molecular flexibility index (Phi) is 4.70. The van der Waals surface area contributed by atoms with Crippen LogP contribution in [-0.4, -0.2) is 29.1 Å². The van der Waals surface area contributed by atoms with Gasteiger partial charge in [-0.3, -0.25) is 0 Å². The molecule has 94 valence electrons. The first kappa shape index (κ1) is 13.2. The van der Waals surface area contributed by atoms with Gasteiger partial charge in [-0.25, -0.2) is 4.98 Å². The van der Waals surface area contributed by atoms with E-state index < -0.39 is 0 Å². The number of hydrogen-bond acceptors (Lipinski definition) is 4. The van der Waals surface area contributed by atoms with Crippen LogP contribution >= 0.6 is 27.7 Å². The van der Waals surface area contributed by atoms with E-state index in [1.165, 1.54) is 12.2 Å². The monoisotopic (exact) mass is 315 g/mol. The minimum absolute atomic E-state index is 0.544. The molecular formula is C12H18BrN3S. The van der Waals surface area contributed by atoms with Crippen LogP contribution in [0.1, 0.15) is 18.9 Å². The molecule has 5 heteroatoms. The van der Waals surface area contributed by atoms with Crippen LogP contribution in [0.25, 0.3) is 0 Å². The predicted molar refractivity (Wildman–Crippen MR) is 78.6 cm³/mol. The van der Waals surface area contributed by atoms with Crippen molar-refractivity contribution in [3.8, 4) is 0 Å². The van der Waals surface area contributed by atoms with E-state index in [4.69, 9.17) is 5.73 Å². The van der Waals surface area contributed by atoms with Gasteiger partial charge in [-0.05, 0) is 28.4 Å². The SMILES string of the molecule is CCC1CN(c2ncc(Br)cc2CN)CCS1. The van der Waals surface area contributed by atoms with E-state index in [2.05, 4.69) is 50.6 Å². The molecule has 1 aliphatic rings. The molecule has 0 amide bonds. The van der Waals surface area contributed by atoms with E-state index in [1.807, 2.05) is 6.20 Å². The average molecular weight is 316 g/mol. The molecule has 0 aromatic carbocycles. The Labute approximate surface area is 115 Å². The summed E-state index contributed by atoms with van der Waals surface area (Å²) in [4.78, 5) is 6.91. The summed E-state index contributed by atoms with van der Waals surface area (Å²) in [5.74, 6) is 2.25. The highest BCUT2D eigenvalue weighted by Gasteiger charge is 2.21. The van der Waals surface area contributed by atoms with Crippen LogP contribution < -0.4 is 10.6 Å². The van der Waals surface area contributed by atoms with Gasteiger partial charge in [0.25, 0.3) is 0 Å². The summed E-state index contributed by atoms with van der Waals surface area (Å²) in [6.45, 7) is 4.95. The first-order valence-corrected chi connectivity index (χ1v) is 7.79. The van der Waals surface area contributed by atoms with Gasteiger partial charge in [0.15, 0.2) is 0 Å².